The number of halogens is 1. The van der Waals surface area contributed by atoms with E-state index in [1.165, 1.54) is 16.9 Å². The molecule has 8 heteroatoms. The van der Waals surface area contributed by atoms with Gasteiger partial charge in [0.05, 0.1) is 29.6 Å². The molecule has 0 unspecified atom stereocenters. The van der Waals surface area contributed by atoms with Crippen molar-refractivity contribution in [2.45, 2.75) is 6.92 Å². The predicted molar refractivity (Wildman–Crippen MR) is 140 cm³/mol. The van der Waals surface area contributed by atoms with Crippen molar-refractivity contribution >= 4 is 62.5 Å². The number of methoxy groups -OCH3 is 1. The minimum atomic E-state index is -0.502. The number of amides is 2. The summed E-state index contributed by atoms with van der Waals surface area (Å²) >= 11 is 9.13. The number of carbonyl (C=O) groups excluding carboxylic acids is 2. The van der Waals surface area contributed by atoms with Crippen molar-refractivity contribution in [2.75, 3.05) is 23.5 Å². The van der Waals surface area contributed by atoms with Gasteiger partial charge in [0.25, 0.3) is 11.8 Å². The van der Waals surface area contributed by atoms with E-state index in [4.69, 9.17) is 21.7 Å². The topological polar surface area (TPSA) is 59.1 Å². The highest BCUT2D eigenvalue weighted by Gasteiger charge is 2.41. The molecule has 3 aromatic carbocycles. The van der Waals surface area contributed by atoms with E-state index in [2.05, 4.69) is 15.9 Å². The zero-order chi connectivity index (χ0) is 24.2. The quantitative estimate of drug-likeness (QED) is 0.233. The van der Waals surface area contributed by atoms with Gasteiger partial charge in [-0.25, -0.2) is 0 Å². The van der Waals surface area contributed by atoms with Gasteiger partial charge in [-0.2, -0.15) is 0 Å². The minimum absolute atomic E-state index is 0.0283. The maximum atomic E-state index is 13.6. The number of para-hydroxylation sites is 2. The summed E-state index contributed by atoms with van der Waals surface area (Å²) in [5.74, 6) is 0.0234. The van der Waals surface area contributed by atoms with Crippen molar-refractivity contribution in [3.05, 3.63) is 88.4 Å². The fourth-order valence-electron chi connectivity index (χ4n) is 3.61. The molecule has 2 amide bonds. The molecule has 1 aliphatic heterocycles. The highest BCUT2D eigenvalue weighted by Crippen LogP contribution is 2.38. The molecule has 3 aromatic rings. The van der Waals surface area contributed by atoms with E-state index in [-0.39, 0.29) is 10.7 Å². The SMILES string of the molecule is CCOc1c(Br)cc(C=C2C(=O)N(c3ccccc3)C(=S)N(c3ccccc3)C2=O)cc1OC. The van der Waals surface area contributed by atoms with E-state index in [0.717, 1.165) is 0 Å². The molecular weight excluding hydrogens is 516 g/mol. The minimum Gasteiger partial charge on any atom is -0.493 e. The third kappa shape index (κ3) is 4.47. The largest absolute Gasteiger partial charge is 0.493 e. The number of anilines is 2. The molecule has 1 saturated heterocycles. The molecule has 0 bridgehead atoms. The zero-order valence-electron chi connectivity index (χ0n) is 18.5. The van der Waals surface area contributed by atoms with Gasteiger partial charge in [0, 0.05) is 0 Å². The first kappa shape index (κ1) is 23.7. The predicted octanol–water partition coefficient (Wildman–Crippen LogP) is 5.60. The monoisotopic (exact) mass is 536 g/mol. The standard InChI is InChI=1S/C26H21BrN2O4S/c1-3-33-23-21(27)15-17(16-22(23)32-2)14-20-24(30)28(18-10-6-4-7-11-18)26(34)29(25(20)31)19-12-8-5-9-13-19/h4-16H,3H2,1-2H3. The van der Waals surface area contributed by atoms with E-state index in [0.29, 0.717) is 39.5 Å². The van der Waals surface area contributed by atoms with Crippen LogP contribution in [0.15, 0.2) is 82.8 Å². The van der Waals surface area contributed by atoms with Crippen molar-refractivity contribution in [2.24, 2.45) is 0 Å². The first-order valence-corrected chi connectivity index (χ1v) is 11.7. The molecule has 0 aromatic heterocycles. The fourth-order valence-corrected chi connectivity index (χ4v) is 4.56. The summed E-state index contributed by atoms with van der Waals surface area (Å²) in [7, 11) is 1.53. The first-order valence-electron chi connectivity index (χ1n) is 10.5. The molecule has 0 N–H and O–H groups in total. The molecular formula is C26H21BrN2O4S. The fraction of sp³-hybridized carbons (Fsp3) is 0.115. The Bertz CT molecular complexity index is 1220. The Kier molecular flexibility index (Phi) is 7.09. The smallest absolute Gasteiger partial charge is 0.270 e. The highest BCUT2D eigenvalue weighted by molar-refractivity contribution is 9.10. The van der Waals surface area contributed by atoms with Crippen LogP contribution in [-0.4, -0.2) is 30.6 Å². The summed E-state index contributed by atoms with van der Waals surface area (Å²) < 4.78 is 11.8. The van der Waals surface area contributed by atoms with Crippen LogP contribution in [0.25, 0.3) is 6.08 Å². The molecule has 6 nitrogen and oxygen atoms in total. The number of rotatable bonds is 6. The Morgan fingerprint density at radius 1 is 0.912 bits per heavy atom. The molecule has 0 atom stereocenters. The van der Waals surface area contributed by atoms with Gasteiger partial charge >= 0.3 is 0 Å². The zero-order valence-corrected chi connectivity index (χ0v) is 20.9. The molecule has 4 rings (SSSR count). The second-order valence-electron chi connectivity index (χ2n) is 7.26. The van der Waals surface area contributed by atoms with Gasteiger partial charge in [-0.05, 0) is 83.1 Å². The Hall–Kier alpha value is -3.49. The lowest BCUT2D eigenvalue weighted by Gasteiger charge is -2.36. The average molecular weight is 537 g/mol. The molecule has 1 fully saturated rings. The molecule has 0 spiro atoms. The molecule has 0 aliphatic carbocycles. The summed E-state index contributed by atoms with van der Waals surface area (Å²) in [5.41, 5.74) is 1.71. The third-order valence-electron chi connectivity index (χ3n) is 5.13. The van der Waals surface area contributed by atoms with E-state index in [1.54, 1.807) is 42.5 Å². The van der Waals surface area contributed by atoms with Crippen molar-refractivity contribution in [1.29, 1.82) is 0 Å². The second-order valence-corrected chi connectivity index (χ2v) is 8.48. The van der Waals surface area contributed by atoms with Crippen LogP contribution in [0.1, 0.15) is 12.5 Å². The number of hydrogen-bond acceptors (Lipinski definition) is 5. The van der Waals surface area contributed by atoms with Crippen LogP contribution in [-0.2, 0) is 9.59 Å². The summed E-state index contributed by atoms with van der Waals surface area (Å²) in [5, 5.41) is 0.0926. The van der Waals surface area contributed by atoms with Crippen LogP contribution in [0.5, 0.6) is 11.5 Å². The van der Waals surface area contributed by atoms with Gasteiger partial charge in [-0.15, -0.1) is 0 Å². The summed E-state index contributed by atoms with van der Waals surface area (Å²) in [6, 6.07) is 21.5. The number of ether oxygens (including phenoxy) is 2. The lowest BCUT2D eigenvalue weighted by Crippen LogP contribution is -2.56. The van der Waals surface area contributed by atoms with Gasteiger partial charge in [0.2, 0.25) is 0 Å². The number of carbonyl (C=O) groups is 2. The van der Waals surface area contributed by atoms with Crippen LogP contribution < -0.4 is 19.3 Å². The molecule has 34 heavy (non-hydrogen) atoms. The Labute approximate surface area is 211 Å². The third-order valence-corrected chi connectivity index (χ3v) is 6.08. The maximum Gasteiger partial charge on any atom is 0.270 e. The number of thiocarbonyl (C=S) groups is 1. The van der Waals surface area contributed by atoms with Gasteiger partial charge in [0.1, 0.15) is 5.57 Å². The summed E-state index contributed by atoms with van der Waals surface area (Å²) in [6.07, 6.45) is 1.54. The van der Waals surface area contributed by atoms with E-state index in [9.17, 15) is 9.59 Å². The number of benzene rings is 3. The van der Waals surface area contributed by atoms with Crippen molar-refractivity contribution < 1.29 is 19.1 Å². The van der Waals surface area contributed by atoms with Gasteiger partial charge in [-0.3, -0.25) is 19.4 Å². The van der Waals surface area contributed by atoms with Crippen LogP contribution in [0.2, 0.25) is 0 Å². The van der Waals surface area contributed by atoms with E-state index >= 15 is 0 Å². The number of hydrogen-bond donors (Lipinski definition) is 0. The molecule has 1 aliphatic rings. The Morgan fingerprint density at radius 2 is 1.44 bits per heavy atom. The normalized spacial score (nSPS) is 13.9. The average Bonchev–Trinajstić information content (AvgIpc) is 2.84. The summed E-state index contributed by atoms with van der Waals surface area (Å²) in [4.78, 5) is 29.9. The lowest BCUT2D eigenvalue weighted by atomic mass is 10.0. The molecule has 0 radical (unpaired) electrons. The van der Waals surface area contributed by atoms with Crippen molar-refractivity contribution in [3.8, 4) is 11.5 Å². The molecule has 1 heterocycles. The Morgan fingerprint density at radius 3 is 1.91 bits per heavy atom. The lowest BCUT2D eigenvalue weighted by molar-refractivity contribution is -0.120. The van der Waals surface area contributed by atoms with Gasteiger partial charge < -0.3 is 9.47 Å². The number of nitrogens with zero attached hydrogens (tertiary/aromatic N) is 2. The van der Waals surface area contributed by atoms with E-state index < -0.39 is 11.8 Å². The van der Waals surface area contributed by atoms with Gasteiger partial charge in [-0.1, -0.05) is 36.4 Å². The van der Waals surface area contributed by atoms with Crippen molar-refractivity contribution in [1.82, 2.24) is 0 Å². The van der Waals surface area contributed by atoms with Crippen molar-refractivity contribution in [3.63, 3.8) is 0 Å². The summed E-state index contributed by atoms with van der Waals surface area (Å²) in [6.45, 7) is 2.34. The van der Waals surface area contributed by atoms with Crippen LogP contribution in [0, 0.1) is 0 Å². The Balaban J connectivity index is 1.86. The second kappa shape index (κ2) is 10.2. The molecule has 0 saturated carbocycles. The molecule has 172 valence electrons. The van der Waals surface area contributed by atoms with Crippen LogP contribution in [0.4, 0.5) is 11.4 Å². The first-order chi connectivity index (χ1) is 16.5. The maximum absolute atomic E-state index is 13.6. The van der Waals surface area contributed by atoms with Gasteiger partial charge in [0.15, 0.2) is 16.6 Å². The van der Waals surface area contributed by atoms with Crippen LogP contribution in [0.3, 0.4) is 0 Å². The van der Waals surface area contributed by atoms with E-state index in [1.807, 2.05) is 43.3 Å². The van der Waals surface area contributed by atoms with Crippen LogP contribution >= 0.6 is 28.1 Å². The highest BCUT2D eigenvalue weighted by atomic mass is 79.9.